The van der Waals surface area contributed by atoms with E-state index in [1.807, 2.05) is 18.2 Å². The predicted molar refractivity (Wildman–Crippen MR) is 200 cm³/mol. The first-order chi connectivity index (χ1) is 22.0. The lowest BCUT2D eigenvalue weighted by atomic mass is 9.95. The van der Waals surface area contributed by atoms with Gasteiger partial charge in [0.25, 0.3) is 5.56 Å². The Morgan fingerprint density at radius 3 is 2.50 bits per heavy atom. The number of fused-ring (bicyclic) bond motifs is 1. The number of allylic oxidation sites excluding steroid dienone is 1. The van der Waals surface area contributed by atoms with E-state index in [2.05, 4.69) is 61.1 Å². The van der Waals surface area contributed by atoms with Gasteiger partial charge in [-0.1, -0.05) is 56.5 Å². The Kier molecular flexibility index (Phi) is 11.5. The van der Waals surface area contributed by atoms with E-state index in [9.17, 15) is 9.59 Å². The number of aromatic nitrogens is 1. The smallest absolute Gasteiger partial charge is 0.338 e. The quantitative estimate of drug-likeness (QED) is 0.127. The molecule has 1 aromatic heterocycles. The van der Waals surface area contributed by atoms with Gasteiger partial charge < -0.3 is 18.9 Å². The number of hydrogen-bond donors (Lipinski definition) is 0. The van der Waals surface area contributed by atoms with Crippen LogP contribution < -0.4 is 29.1 Å². The molecule has 0 radical (unpaired) electrons. The lowest BCUT2D eigenvalue weighted by molar-refractivity contribution is -0.139. The Balaban J connectivity index is 1.69. The normalized spacial score (nSPS) is 14.5. The first-order valence-corrected chi connectivity index (χ1v) is 18.2. The molecule has 5 rings (SSSR count). The van der Waals surface area contributed by atoms with Crippen molar-refractivity contribution in [2.75, 3.05) is 20.8 Å². The van der Waals surface area contributed by atoms with Crippen LogP contribution in [-0.4, -0.2) is 31.4 Å². The molecule has 1 aliphatic rings. The minimum atomic E-state index is -0.856. The first kappa shape index (κ1) is 35.2. The molecule has 0 fully saturated rings. The summed E-state index contributed by atoms with van der Waals surface area (Å²) < 4.78 is 27.2. The summed E-state index contributed by atoms with van der Waals surface area (Å²) in [6, 6.07) is 11.8. The van der Waals surface area contributed by atoms with Gasteiger partial charge in [-0.15, -0.1) is 0 Å². The predicted octanol–water partition coefficient (Wildman–Crippen LogP) is 7.67. The van der Waals surface area contributed by atoms with Crippen LogP contribution in [0.1, 0.15) is 36.6 Å². The largest absolute Gasteiger partial charge is 0.493 e. The molecule has 0 saturated carbocycles. The van der Waals surface area contributed by atoms with Crippen LogP contribution in [0.25, 0.3) is 6.08 Å². The monoisotopic (exact) mass is 968 g/mol. The topological polar surface area (TPSA) is 88.4 Å². The second-order valence-electron chi connectivity index (χ2n) is 9.86. The third-order valence-electron chi connectivity index (χ3n) is 7.03. The highest BCUT2D eigenvalue weighted by Crippen LogP contribution is 2.41. The summed E-state index contributed by atoms with van der Waals surface area (Å²) >= 11 is 21.8. The van der Waals surface area contributed by atoms with Crippen LogP contribution in [0.4, 0.5) is 0 Å². The minimum Gasteiger partial charge on any atom is -0.493 e. The summed E-state index contributed by atoms with van der Waals surface area (Å²) in [7, 11) is 3.06. The highest BCUT2D eigenvalue weighted by Gasteiger charge is 2.35. The number of esters is 1. The molecule has 8 nitrogen and oxygen atoms in total. The fourth-order valence-corrected chi connectivity index (χ4v) is 9.02. The van der Waals surface area contributed by atoms with Crippen molar-refractivity contribution in [2.45, 2.75) is 26.5 Å². The number of ether oxygens (including phenoxy) is 4. The number of hydrogen-bond acceptors (Lipinski definition) is 8. The van der Waals surface area contributed by atoms with E-state index in [0.29, 0.717) is 57.9 Å². The lowest BCUT2D eigenvalue weighted by Crippen LogP contribution is -2.40. The summed E-state index contributed by atoms with van der Waals surface area (Å²) in [5.41, 5.74) is 2.46. The highest BCUT2D eigenvalue weighted by atomic mass is 127. The van der Waals surface area contributed by atoms with Crippen LogP contribution in [0.3, 0.4) is 0 Å². The molecule has 14 heteroatoms. The van der Waals surface area contributed by atoms with Gasteiger partial charge in [-0.25, -0.2) is 9.79 Å². The van der Waals surface area contributed by atoms with Crippen LogP contribution in [0.2, 0.25) is 10.0 Å². The lowest BCUT2D eigenvalue weighted by Gasteiger charge is -2.26. The summed E-state index contributed by atoms with van der Waals surface area (Å²) in [4.78, 5) is 32.8. The van der Waals surface area contributed by atoms with Crippen LogP contribution in [-0.2, 0) is 16.1 Å². The van der Waals surface area contributed by atoms with Crippen molar-refractivity contribution in [1.82, 2.24) is 4.57 Å². The van der Waals surface area contributed by atoms with E-state index in [1.54, 1.807) is 44.2 Å². The van der Waals surface area contributed by atoms with Gasteiger partial charge in [0, 0.05) is 29.2 Å². The average molecular weight is 970 g/mol. The van der Waals surface area contributed by atoms with Gasteiger partial charge in [0.05, 0.1) is 46.2 Å². The van der Waals surface area contributed by atoms with Gasteiger partial charge in [-0.05, 0) is 107 Å². The first-order valence-electron chi connectivity index (χ1n) is 13.6. The van der Waals surface area contributed by atoms with E-state index in [4.69, 9.17) is 47.1 Å². The number of methoxy groups -OCH3 is 2. The standard InChI is InChI=1S/C32H25BrCl2I2N2O6S/c1-5-44-31(41)27-15(2)38-32-39(28(27)20-12-24(42-3)25(43-4)13-21(20)33)30(40)26(46-32)9-17-8-19(36)11-23(37)29(17)45-14-16-6-7-18(34)10-22(16)35/h6-13,28H,5,14H2,1-4H3/b26-9-/t28-/m1/s1. The van der Waals surface area contributed by atoms with Crippen molar-refractivity contribution in [2.24, 2.45) is 4.99 Å². The van der Waals surface area contributed by atoms with Gasteiger partial charge in [0.1, 0.15) is 12.4 Å². The Bertz CT molecular complexity index is 2080. The molecule has 4 aromatic rings. The molecular weight excluding hydrogens is 945 g/mol. The number of carbonyl (C=O) groups is 1. The van der Waals surface area contributed by atoms with Crippen LogP contribution >= 0.6 is 95.7 Å². The van der Waals surface area contributed by atoms with Gasteiger partial charge in [0.15, 0.2) is 16.3 Å². The van der Waals surface area contributed by atoms with Crippen molar-refractivity contribution < 1.29 is 23.7 Å². The van der Waals surface area contributed by atoms with E-state index < -0.39 is 12.0 Å². The van der Waals surface area contributed by atoms with Crippen LogP contribution in [0, 0.1) is 7.14 Å². The van der Waals surface area contributed by atoms with Gasteiger partial charge >= 0.3 is 5.97 Å². The number of carbonyl (C=O) groups excluding carboxylic acids is 1. The van der Waals surface area contributed by atoms with Crippen molar-refractivity contribution in [3.63, 3.8) is 0 Å². The fraction of sp³-hybridized carbons (Fsp3) is 0.219. The molecule has 0 spiro atoms. The fourth-order valence-electron chi connectivity index (χ4n) is 4.93. The molecule has 0 bridgehead atoms. The maximum atomic E-state index is 14.3. The highest BCUT2D eigenvalue weighted by molar-refractivity contribution is 14.1. The molecule has 240 valence electrons. The maximum absolute atomic E-state index is 14.3. The Morgan fingerprint density at radius 2 is 1.83 bits per heavy atom. The molecule has 46 heavy (non-hydrogen) atoms. The minimum absolute atomic E-state index is 0.162. The van der Waals surface area contributed by atoms with E-state index in [1.165, 1.54) is 30.1 Å². The molecule has 1 atom stereocenters. The summed E-state index contributed by atoms with van der Waals surface area (Å²) in [6.07, 6.45) is 1.79. The molecule has 1 aliphatic heterocycles. The SMILES string of the molecule is CCOC(=O)C1=C(C)N=c2s/c(=C\c3cc(I)cc(I)c3OCc3ccc(Cl)cc3Cl)c(=O)n2[C@@H]1c1cc(OC)c(OC)cc1Br. The van der Waals surface area contributed by atoms with Gasteiger partial charge in [0.2, 0.25) is 0 Å². The third-order valence-corrected chi connectivity index (χ3v) is 10.7. The number of nitrogens with zero attached hydrogens (tertiary/aromatic N) is 2. The number of thiazole rings is 1. The second-order valence-corrected chi connectivity index (χ2v) is 15.0. The zero-order valence-corrected chi connectivity index (χ0v) is 33.0. The zero-order chi connectivity index (χ0) is 33.3. The molecular formula is C32H25BrCl2I2N2O6S. The molecule has 0 N–H and O–H groups in total. The van der Waals surface area contributed by atoms with E-state index >= 15 is 0 Å². The molecule has 0 unspecified atom stereocenters. The summed E-state index contributed by atoms with van der Waals surface area (Å²) in [5.74, 6) is 0.968. The van der Waals surface area contributed by atoms with Crippen molar-refractivity contribution >= 4 is 108 Å². The number of benzene rings is 3. The number of rotatable bonds is 9. The summed E-state index contributed by atoms with van der Waals surface area (Å²) in [5, 5.41) is 1.03. The van der Waals surface area contributed by atoms with Crippen LogP contribution in [0.5, 0.6) is 17.2 Å². The van der Waals surface area contributed by atoms with Crippen molar-refractivity contribution in [3.05, 3.63) is 112 Å². The van der Waals surface area contributed by atoms with Gasteiger partial charge in [-0.3, -0.25) is 9.36 Å². The zero-order valence-electron chi connectivity index (χ0n) is 24.8. The molecule has 0 saturated heterocycles. The Hall–Kier alpha value is -2.11. The van der Waals surface area contributed by atoms with Crippen molar-refractivity contribution in [1.29, 1.82) is 0 Å². The van der Waals surface area contributed by atoms with Crippen LogP contribution in [0.15, 0.2) is 68.0 Å². The van der Waals surface area contributed by atoms with Gasteiger partial charge in [-0.2, -0.15) is 0 Å². The maximum Gasteiger partial charge on any atom is 0.338 e. The van der Waals surface area contributed by atoms with Crippen molar-refractivity contribution in [3.8, 4) is 17.2 Å². The third kappa shape index (κ3) is 7.16. The number of halogens is 5. The molecule has 3 aromatic carbocycles. The second kappa shape index (κ2) is 15.0. The average Bonchev–Trinajstić information content (AvgIpc) is 3.30. The summed E-state index contributed by atoms with van der Waals surface area (Å²) in [6.45, 7) is 3.83. The Labute approximate surface area is 314 Å². The molecule has 2 heterocycles. The van der Waals surface area contributed by atoms with E-state index in [0.717, 1.165) is 12.7 Å². The molecule has 0 amide bonds. The molecule has 0 aliphatic carbocycles. The Morgan fingerprint density at radius 1 is 1.11 bits per heavy atom. The van der Waals surface area contributed by atoms with E-state index in [-0.39, 0.29) is 24.3 Å².